The lowest BCUT2D eigenvalue weighted by atomic mass is 10.2. The van der Waals surface area contributed by atoms with Crippen molar-refractivity contribution in [2.45, 2.75) is 26.4 Å². The van der Waals surface area contributed by atoms with Gasteiger partial charge in [-0.2, -0.15) is 0 Å². The number of nitrogens with zero attached hydrogens (tertiary/aromatic N) is 2. The van der Waals surface area contributed by atoms with Crippen LogP contribution >= 0.6 is 0 Å². The molecule has 0 bridgehead atoms. The van der Waals surface area contributed by atoms with Gasteiger partial charge < -0.3 is 4.42 Å². The van der Waals surface area contributed by atoms with Gasteiger partial charge in [-0.3, -0.25) is 19.4 Å². The quantitative estimate of drug-likeness (QED) is 0.461. The van der Waals surface area contributed by atoms with E-state index in [0.717, 1.165) is 6.42 Å². The summed E-state index contributed by atoms with van der Waals surface area (Å²) in [5, 5.41) is 0. The summed E-state index contributed by atoms with van der Waals surface area (Å²) >= 11 is 0. The lowest BCUT2D eigenvalue weighted by Crippen LogP contribution is -2.31. The third-order valence-corrected chi connectivity index (χ3v) is 2.81. The number of carbonyl (C=O) groups is 1. The summed E-state index contributed by atoms with van der Waals surface area (Å²) in [5.74, 6) is 4.68. The molecular formula is C12H16N4O3. The summed E-state index contributed by atoms with van der Waals surface area (Å²) in [6, 6.07) is 1.65. The van der Waals surface area contributed by atoms with E-state index in [9.17, 15) is 9.59 Å². The number of carbonyl (C=O) groups excluding carboxylic acids is 1. The summed E-state index contributed by atoms with van der Waals surface area (Å²) in [5.41, 5.74) is 2.51. The fourth-order valence-corrected chi connectivity index (χ4v) is 1.89. The molecule has 0 aliphatic carbocycles. The predicted octanol–water partition coefficient (Wildman–Crippen LogP) is 0.305. The molecule has 0 unspecified atom stereocenters. The molecule has 0 atom stereocenters. The summed E-state index contributed by atoms with van der Waals surface area (Å²) in [7, 11) is 0. The smallest absolute Gasteiger partial charge is 0.328 e. The van der Waals surface area contributed by atoms with E-state index >= 15 is 0 Å². The first kappa shape index (κ1) is 13.2. The van der Waals surface area contributed by atoms with Crippen LogP contribution in [0.4, 0.5) is 0 Å². The van der Waals surface area contributed by atoms with Crippen LogP contribution < -0.4 is 17.0 Å². The average molecular weight is 264 g/mol. The van der Waals surface area contributed by atoms with Crippen LogP contribution in [0.25, 0.3) is 0 Å². The molecule has 0 saturated carbocycles. The highest BCUT2D eigenvalue weighted by Gasteiger charge is 2.15. The number of nitrogens with two attached hydrogens (primary N) is 1. The highest BCUT2D eigenvalue weighted by molar-refractivity contribution is 5.92. The molecule has 1 amide bonds. The molecule has 0 aliphatic rings. The Morgan fingerprint density at radius 2 is 2.16 bits per heavy atom. The van der Waals surface area contributed by atoms with Crippen molar-refractivity contribution in [3.05, 3.63) is 46.5 Å². The molecule has 0 aromatic carbocycles. The molecule has 0 saturated heterocycles. The number of nitrogens with one attached hydrogen (secondary N) is 1. The van der Waals surface area contributed by atoms with Gasteiger partial charge in [0.2, 0.25) is 0 Å². The molecule has 0 spiro atoms. The number of nitrogen functional groups attached to an aromatic ring is 1. The van der Waals surface area contributed by atoms with Crippen molar-refractivity contribution < 1.29 is 9.21 Å². The van der Waals surface area contributed by atoms with Gasteiger partial charge in [0.1, 0.15) is 0 Å². The minimum Gasteiger partial charge on any atom is -0.459 e. The summed E-state index contributed by atoms with van der Waals surface area (Å²) < 4.78 is 8.22. The summed E-state index contributed by atoms with van der Waals surface area (Å²) in [6.07, 6.45) is 5.70. The van der Waals surface area contributed by atoms with Gasteiger partial charge in [-0.05, 0) is 12.5 Å². The van der Waals surface area contributed by atoms with Crippen LogP contribution in [-0.2, 0) is 13.1 Å². The van der Waals surface area contributed by atoms with Gasteiger partial charge in [0.25, 0.3) is 0 Å². The first-order valence-electron chi connectivity index (χ1n) is 6.00. The van der Waals surface area contributed by atoms with Crippen LogP contribution in [0, 0.1) is 0 Å². The standard InChI is InChI=1S/C12H16N4O3/c1-2-4-15-5-6-16(12(15)18)8-9-3-7-19-10(9)11(17)14-13/h3,5-7H,2,4,8,13H2,1H3,(H,14,17). The number of hydrazine groups is 1. The number of aromatic nitrogens is 2. The van der Waals surface area contributed by atoms with E-state index in [4.69, 9.17) is 10.3 Å². The van der Waals surface area contributed by atoms with E-state index in [1.807, 2.05) is 12.3 Å². The Labute approximate surface area is 109 Å². The number of imidazole rings is 1. The molecule has 7 nitrogen and oxygen atoms in total. The van der Waals surface area contributed by atoms with Gasteiger partial charge >= 0.3 is 11.6 Å². The third kappa shape index (κ3) is 2.60. The maximum atomic E-state index is 12.0. The predicted molar refractivity (Wildman–Crippen MR) is 68.4 cm³/mol. The topological polar surface area (TPSA) is 95.2 Å². The van der Waals surface area contributed by atoms with Crippen LogP contribution in [0.5, 0.6) is 0 Å². The van der Waals surface area contributed by atoms with Gasteiger partial charge in [-0.25, -0.2) is 10.6 Å². The molecule has 102 valence electrons. The molecule has 2 aromatic heterocycles. The van der Waals surface area contributed by atoms with E-state index in [0.29, 0.717) is 12.1 Å². The molecule has 2 heterocycles. The van der Waals surface area contributed by atoms with Crippen LogP contribution in [-0.4, -0.2) is 15.0 Å². The van der Waals surface area contributed by atoms with Crippen LogP contribution in [0.3, 0.4) is 0 Å². The van der Waals surface area contributed by atoms with Crippen molar-refractivity contribution in [1.82, 2.24) is 14.6 Å². The van der Waals surface area contributed by atoms with Gasteiger partial charge in [0, 0.05) is 24.5 Å². The number of hydrogen-bond donors (Lipinski definition) is 2. The van der Waals surface area contributed by atoms with Crippen molar-refractivity contribution in [3.63, 3.8) is 0 Å². The van der Waals surface area contributed by atoms with Crippen molar-refractivity contribution in [1.29, 1.82) is 0 Å². The fraction of sp³-hybridized carbons (Fsp3) is 0.333. The van der Waals surface area contributed by atoms with E-state index in [-0.39, 0.29) is 18.0 Å². The third-order valence-electron chi connectivity index (χ3n) is 2.81. The fourth-order valence-electron chi connectivity index (χ4n) is 1.89. The van der Waals surface area contributed by atoms with E-state index in [2.05, 4.69) is 0 Å². The van der Waals surface area contributed by atoms with Crippen LogP contribution in [0.1, 0.15) is 29.5 Å². The van der Waals surface area contributed by atoms with E-state index < -0.39 is 5.91 Å². The second-order valence-corrected chi connectivity index (χ2v) is 4.15. The molecule has 0 aliphatic heterocycles. The van der Waals surface area contributed by atoms with E-state index in [1.165, 1.54) is 10.8 Å². The molecule has 19 heavy (non-hydrogen) atoms. The number of aryl methyl sites for hydroxylation is 1. The zero-order valence-corrected chi connectivity index (χ0v) is 10.6. The Morgan fingerprint density at radius 1 is 1.42 bits per heavy atom. The average Bonchev–Trinajstić information content (AvgIpc) is 3.00. The molecule has 7 heteroatoms. The second kappa shape index (κ2) is 5.57. The number of hydrogen-bond acceptors (Lipinski definition) is 4. The van der Waals surface area contributed by atoms with Crippen molar-refractivity contribution in [2.24, 2.45) is 5.84 Å². The lowest BCUT2D eigenvalue weighted by Gasteiger charge is -2.02. The van der Waals surface area contributed by atoms with Crippen molar-refractivity contribution in [2.75, 3.05) is 0 Å². The van der Waals surface area contributed by atoms with Crippen LogP contribution in [0.2, 0.25) is 0 Å². The largest absolute Gasteiger partial charge is 0.459 e. The Balaban J connectivity index is 2.25. The molecule has 2 aromatic rings. The first-order chi connectivity index (χ1) is 9.17. The first-order valence-corrected chi connectivity index (χ1v) is 6.00. The Kier molecular flexibility index (Phi) is 3.86. The Hall–Kier alpha value is -2.28. The number of amides is 1. The van der Waals surface area contributed by atoms with Gasteiger partial charge in [0.15, 0.2) is 5.76 Å². The minimum atomic E-state index is -0.513. The van der Waals surface area contributed by atoms with Crippen molar-refractivity contribution >= 4 is 5.91 Å². The maximum absolute atomic E-state index is 12.0. The SMILES string of the molecule is CCCn1ccn(Cc2ccoc2C(=O)NN)c1=O. The Bertz CT molecular complexity index is 623. The Morgan fingerprint density at radius 3 is 2.84 bits per heavy atom. The van der Waals surface area contributed by atoms with Gasteiger partial charge in [0.05, 0.1) is 12.8 Å². The molecule has 0 fully saturated rings. The van der Waals surface area contributed by atoms with Crippen molar-refractivity contribution in [3.8, 4) is 0 Å². The molecule has 2 rings (SSSR count). The minimum absolute atomic E-state index is 0.109. The van der Waals surface area contributed by atoms with Gasteiger partial charge in [-0.1, -0.05) is 6.92 Å². The molecule has 0 radical (unpaired) electrons. The second-order valence-electron chi connectivity index (χ2n) is 4.15. The molecule has 3 N–H and O–H groups in total. The zero-order chi connectivity index (χ0) is 13.8. The highest BCUT2D eigenvalue weighted by atomic mass is 16.3. The van der Waals surface area contributed by atoms with Gasteiger partial charge in [-0.15, -0.1) is 0 Å². The number of furan rings is 1. The van der Waals surface area contributed by atoms with Crippen LogP contribution in [0.15, 0.2) is 33.9 Å². The van der Waals surface area contributed by atoms with E-state index in [1.54, 1.807) is 23.0 Å². The monoisotopic (exact) mass is 264 g/mol. The number of rotatable bonds is 5. The summed E-state index contributed by atoms with van der Waals surface area (Å²) in [6.45, 7) is 2.95. The normalized spacial score (nSPS) is 10.6. The maximum Gasteiger partial charge on any atom is 0.328 e. The molecular weight excluding hydrogens is 248 g/mol. The lowest BCUT2D eigenvalue weighted by molar-refractivity contribution is 0.0924. The zero-order valence-electron chi connectivity index (χ0n) is 10.6. The highest BCUT2D eigenvalue weighted by Crippen LogP contribution is 2.11. The summed E-state index contributed by atoms with van der Waals surface area (Å²) in [4.78, 5) is 23.5.